The number of nitrogens with zero attached hydrogens (tertiary/aromatic N) is 1. The van der Waals surface area contributed by atoms with E-state index in [1.165, 1.54) is 22.9 Å². The lowest BCUT2D eigenvalue weighted by atomic mass is 10.1. The Bertz CT molecular complexity index is 878. The van der Waals surface area contributed by atoms with E-state index in [1.807, 2.05) is 0 Å². The van der Waals surface area contributed by atoms with Crippen LogP contribution in [0.4, 0.5) is 0 Å². The molecule has 1 atom stereocenters. The summed E-state index contributed by atoms with van der Waals surface area (Å²) in [6.45, 7) is 0.468. The van der Waals surface area contributed by atoms with Crippen LogP contribution in [0, 0.1) is 0 Å². The zero-order valence-electron chi connectivity index (χ0n) is 14.3. The average molecular weight is 412 g/mol. The minimum Gasteiger partial charge on any atom is -0.480 e. The molecule has 0 aliphatic heterocycles. The SMILES string of the molecule is NCCC[C@H](NC(=O)c1cccn(Cc2cc(Cl)cc(Cl)c2)c1=O)C(=O)O. The lowest BCUT2D eigenvalue weighted by Crippen LogP contribution is -2.43. The summed E-state index contributed by atoms with van der Waals surface area (Å²) in [5.41, 5.74) is 5.38. The van der Waals surface area contributed by atoms with Gasteiger partial charge in [0.25, 0.3) is 11.5 Å². The number of carboxylic acid groups (broad SMARTS) is 1. The first-order chi connectivity index (χ1) is 12.8. The van der Waals surface area contributed by atoms with E-state index in [1.54, 1.807) is 18.2 Å². The minimum absolute atomic E-state index is 0.148. The van der Waals surface area contributed by atoms with Crippen LogP contribution in [-0.2, 0) is 11.3 Å². The number of hydrogen-bond donors (Lipinski definition) is 3. The van der Waals surface area contributed by atoms with Crippen molar-refractivity contribution in [3.8, 4) is 0 Å². The monoisotopic (exact) mass is 411 g/mol. The number of pyridine rings is 1. The third-order valence-electron chi connectivity index (χ3n) is 3.84. The minimum atomic E-state index is -1.18. The van der Waals surface area contributed by atoms with Crippen molar-refractivity contribution in [3.05, 3.63) is 68.1 Å². The van der Waals surface area contributed by atoms with Crippen LogP contribution in [0.2, 0.25) is 10.0 Å². The lowest BCUT2D eigenvalue weighted by Gasteiger charge is -2.14. The Balaban J connectivity index is 2.23. The van der Waals surface area contributed by atoms with Crippen LogP contribution in [0.15, 0.2) is 41.3 Å². The summed E-state index contributed by atoms with van der Waals surface area (Å²) in [5, 5.41) is 12.4. The molecule has 2 aromatic rings. The molecule has 4 N–H and O–H groups in total. The van der Waals surface area contributed by atoms with E-state index in [0.29, 0.717) is 28.6 Å². The van der Waals surface area contributed by atoms with Gasteiger partial charge in [0.15, 0.2) is 0 Å². The number of carbonyl (C=O) groups is 2. The normalized spacial score (nSPS) is 11.8. The van der Waals surface area contributed by atoms with Gasteiger partial charge in [-0.15, -0.1) is 0 Å². The molecule has 1 aromatic heterocycles. The highest BCUT2D eigenvalue weighted by Gasteiger charge is 2.22. The summed E-state index contributed by atoms with van der Waals surface area (Å²) in [7, 11) is 0. The van der Waals surface area contributed by atoms with Gasteiger partial charge in [-0.3, -0.25) is 9.59 Å². The maximum Gasteiger partial charge on any atom is 0.326 e. The largest absolute Gasteiger partial charge is 0.480 e. The molecule has 27 heavy (non-hydrogen) atoms. The second-order valence-electron chi connectivity index (χ2n) is 5.93. The molecule has 0 saturated carbocycles. The van der Waals surface area contributed by atoms with Crippen LogP contribution in [-0.4, -0.2) is 34.1 Å². The number of carbonyl (C=O) groups excluding carboxylic acids is 1. The smallest absolute Gasteiger partial charge is 0.326 e. The van der Waals surface area contributed by atoms with Crippen LogP contribution in [0.25, 0.3) is 0 Å². The Morgan fingerprint density at radius 1 is 1.22 bits per heavy atom. The van der Waals surface area contributed by atoms with Gasteiger partial charge < -0.3 is 20.7 Å². The molecule has 0 bridgehead atoms. The highest BCUT2D eigenvalue weighted by atomic mass is 35.5. The molecule has 1 amide bonds. The number of amides is 1. The molecule has 0 saturated heterocycles. The maximum absolute atomic E-state index is 12.6. The number of nitrogens with two attached hydrogens (primary N) is 1. The first-order valence-corrected chi connectivity index (χ1v) is 8.95. The topological polar surface area (TPSA) is 114 Å². The van der Waals surface area contributed by atoms with Crippen molar-refractivity contribution in [2.75, 3.05) is 6.54 Å². The summed E-state index contributed by atoms with van der Waals surface area (Å²) in [6, 6.07) is 6.69. The summed E-state index contributed by atoms with van der Waals surface area (Å²) in [4.78, 5) is 36.3. The van der Waals surface area contributed by atoms with Crippen molar-refractivity contribution >= 4 is 35.1 Å². The Morgan fingerprint density at radius 2 is 1.89 bits per heavy atom. The molecule has 0 radical (unpaired) electrons. The van der Waals surface area contributed by atoms with E-state index >= 15 is 0 Å². The van der Waals surface area contributed by atoms with E-state index < -0.39 is 23.5 Å². The molecule has 1 aromatic carbocycles. The summed E-state index contributed by atoms with van der Waals surface area (Å²) in [6.07, 6.45) is 2.14. The fourth-order valence-corrected chi connectivity index (χ4v) is 3.12. The Labute approximate surface area is 165 Å². The predicted molar refractivity (Wildman–Crippen MR) is 103 cm³/mol. The van der Waals surface area contributed by atoms with Crippen LogP contribution in [0.1, 0.15) is 28.8 Å². The molecule has 1 heterocycles. The fourth-order valence-electron chi connectivity index (χ4n) is 2.55. The van der Waals surface area contributed by atoms with E-state index in [9.17, 15) is 19.5 Å². The molecule has 0 spiro atoms. The Morgan fingerprint density at radius 3 is 2.48 bits per heavy atom. The third-order valence-corrected chi connectivity index (χ3v) is 4.28. The van der Waals surface area contributed by atoms with Crippen LogP contribution in [0.3, 0.4) is 0 Å². The van der Waals surface area contributed by atoms with Gasteiger partial charge in [0.1, 0.15) is 11.6 Å². The quantitative estimate of drug-likeness (QED) is 0.615. The zero-order valence-corrected chi connectivity index (χ0v) is 15.8. The van der Waals surface area contributed by atoms with Gasteiger partial charge in [-0.25, -0.2) is 4.79 Å². The van der Waals surface area contributed by atoms with Crippen molar-refractivity contribution in [1.29, 1.82) is 0 Å². The number of halogens is 2. The molecule has 2 rings (SSSR count). The molecule has 7 nitrogen and oxygen atoms in total. The second-order valence-corrected chi connectivity index (χ2v) is 6.80. The molecule has 144 valence electrons. The van der Waals surface area contributed by atoms with E-state index in [4.69, 9.17) is 28.9 Å². The molecule has 9 heteroatoms. The van der Waals surface area contributed by atoms with Crippen molar-refractivity contribution in [2.45, 2.75) is 25.4 Å². The molecule has 0 unspecified atom stereocenters. The van der Waals surface area contributed by atoms with Crippen LogP contribution >= 0.6 is 23.2 Å². The number of aliphatic carboxylic acids is 1. The van der Waals surface area contributed by atoms with E-state index in [0.717, 1.165) is 0 Å². The van der Waals surface area contributed by atoms with E-state index in [2.05, 4.69) is 5.32 Å². The maximum atomic E-state index is 12.6. The highest BCUT2D eigenvalue weighted by molar-refractivity contribution is 6.34. The van der Waals surface area contributed by atoms with Crippen molar-refractivity contribution in [3.63, 3.8) is 0 Å². The standard InChI is InChI=1S/C18H19Cl2N3O4/c19-12-7-11(8-13(20)9-12)10-23-6-2-3-14(17(23)25)16(24)22-15(18(26)27)4-1-5-21/h2-3,6-9,15H,1,4-5,10,21H2,(H,22,24)(H,26,27)/t15-/m0/s1. The van der Waals surface area contributed by atoms with Gasteiger partial charge in [0, 0.05) is 16.2 Å². The van der Waals surface area contributed by atoms with Gasteiger partial charge in [0.2, 0.25) is 0 Å². The second kappa shape index (κ2) is 9.55. The van der Waals surface area contributed by atoms with Crippen LogP contribution in [0.5, 0.6) is 0 Å². The Kier molecular flexibility index (Phi) is 7.41. The number of nitrogens with one attached hydrogen (secondary N) is 1. The van der Waals surface area contributed by atoms with Gasteiger partial charge >= 0.3 is 5.97 Å². The van der Waals surface area contributed by atoms with Gasteiger partial charge in [-0.2, -0.15) is 0 Å². The lowest BCUT2D eigenvalue weighted by molar-refractivity contribution is -0.139. The fraction of sp³-hybridized carbons (Fsp3) is 0.278. The number of rotatable bonds is 8. The van der Waals surface area contributed by atoms with Crippen LogP contribution < -0.4 is 16.6 Å². The average Bonchev–Trinajstić information content (AvgIpc) is 2.59. The highest BCUT2D eigenvalue weighted by Crippen LogP contribution is 2.19. The number of benzene rings is 1. The molecule has 0 fully saturated rings. The van der Waals surface area contributed by atoms with Gasteiger partial charge in [-0.1, -0.05) is 23.2 Å². The third kappa shape index (κ3) is 5.82. The summed E-state index contributed by atoms with van der Waals surface area (Å²) >= 11 is 11.9. The zero-order chi connectivity index (χ0) is 20.0. The Hall–Kier alpha value is -2.35. The molecule has 0 aliphatic rings. The summed E-state index contributed by atoms with van der Waals surface area (Å²) in [5.74, 6) is -1.93. The number of hydrogen-bond acceptors (Lipinski definition) is 4. The number of aromatic nitrogens is 1. The van der Waals surface area contributed by atoms with Gasteiger partial charge in [0.05, 0.1) is 6.54 Å². The van der Waals surface area contributed by atoms with E-state index in [-0.39, 0.29) is 18.5 Å². The van der Waals surface area contributed by atoms with Crippen molar-refractivity contribution in [1.82, 2.24) is 9.88 Å². The predicted octanol–water partition coefficient (Wildman–Crippen LogP) is 2.13. The van der Waals surface area contributed by atoms with Gasteiger partial charge in [-0.05, 0) is 55.3 Å². The number of carboxylic acids is 1. The molecular formula is C18H19Cl2N3O4. The first kappa shape index (κ1) is 21.0. The van der Waals surface area contributed by atoms with Crippen molar-refractivity contribution in [2.24, 2.45) is 5.73 Å². The molecular weight excluding hydrogens is 393 g/mol. The first-order valence-electron chi connectivity index (χ1n) is 8.20. The summed E-state index contributed by atoms with van der Waals surface area (Å²) < 4.78 is 1.33. The molecule has 0 aliphatic carbocycles. The van der Waals surface area contributed by atoms with Crippen molar-refractivity contribution < 1.29 is 14.7 Å².